The molecule has 0 spiro atoms. The lowest BCUT2D eigenvalue weighted by Crippen LogP contribution is -2.20. The minimum absolute atomic E-state index is 0.00572. The SMILES string of the molecule is CCOC(=O)CC1CCc2cc(C(=O)Nc3ccc(C(=N)N)cc3)ccc2C1. The second-order valence-electron chi connectivity index (χ2n) is 7.05. The number of nitrogens with two attached hydrogens (primary N) is 1. The van der Waals surface area contributed by atoms with Gasteiger partial charge in [-0.15, -0.1) is 0 Å². The molecular weight excluding hydrogens is 354 g/mol. The molecule has 2 aromatic rings. The van der Waals surface area contributed by atoms with Crippen molar-refractivity contribution in [1.29, 1.82) is 5.41 Å². The summed E-state index contributed by atoms with van der Waals surface area (Å²) < 4.78 is 5.05. The second kappa shape index (κ2) is 8.69. The molecule has 6 nitrogen and oxygen atoms in total. The first-order valence-electron chi connectivity index (χ1n) is 9.49. The molecule has 146 valence electrons. The van der Waals surface area contributed by atoms with E-state index in [0.29, 0.717) is 35.8 Å². The summed E-state index contributed by atoms with van der Waals surface area (Å²) in [6, 6.07) is 12.6. The van der Waals surface area contributed by atoms with Crippen LogP contribution in [0.3, 0.4) is 0 Å². The Labute approximate surface area is 164 Å². The second-order valence-corrected chi connectivity index (χ2v) is 7.05. The van der Waals surface area contributed by atoms with E-state index >= 15 is 0 Å². The molecule has 2 aromatic carbocycles. The third kappa shape index (κ3) is 4.76. The largest absolute Gasteiger partial charge is 0.466 e. The van der Waals surface area contributed by atoms with Gasteiger partial charge in [0.15, 0.2) is 0 Å². The van der Waals surface area contributed by atoms with Crippen LogP contribution in [0.2, 0.25) is 0 Å². The molecule has 1 atom stereocenters. The van der Waals surface area contributed by atoms with Gasteiger partial charge in [0.05, 0.1) is 6.61 Å². The topological polar surface area (TPSA) is 105 Å². The number of ether oxygens (including phenoxy) is 1. The summed E-state index contributed by atoms with van der Waals surface area (Å²) in [5, 5.41) is 10.3. The van der Waals surface area contributed by atoms with Gasteiger partial charge >= 0.3 is 5.97 Å². The molecule has 0 aliphatic heterocycles. The Bertz CT molecular complexity index is 890. The third-order valence-electron chi connectivity index (χ3n) is 5.01. The molecule has 1 unspecified atom stereocenters. The van der Waals surface area contributed by atoms with Crippen molar-refractivity contribution in [2.45, 2.75) is 32.6 Å². The summed E-state index contributed by atoms with van der Waals surface area (Å²) >= 11 is 0. The quantitative estimate of drug-likeness (QED) is 0.407. The van der Waals surface area contributed by atoms with Crippen LogP contribution in [0.15, 0.2) is 42.5 Å². The number of rotatable bonds is 6. The van der Waals surface area contributed by atoms with Gasteiger partial charge in [-0.2, -0.15) is 0 Å². The van der Waals surface area contributed by atoms with Crippen LogP contribution in [0, 0.1) is 11.3 Å². The number of benzene rings is 2. The van der Waals surface area contributed by atoms with Crippen molar-refractivity contribution in [3.05, 3.63) is 64.7 Å². The molecular formula is C22H25N3O3. The van der Waals surface area contributed by atoms with Crippen LogP contribution < -0.4 is 11.1 Å². The van der Waals surface area contributed by atoms with Crippen molar-refractivity contribution in [3.8, 4) is 0 Å². The van der Waals surface area contributed by atoms with Crippen LogP contribution >= 0.6 is 0 Å². The number of aryl methyl sites for hydroxylation is 1. The highest BCUT2D eigenvalue weighted by atomic mass is 16.5. The van der Waals surface area contributed by atoms with Crippen molar-refractivity contribution < 1.29 is 14.3 Å². The third-order valence-corrected chi connectivity index (χ3v) is 5.01. The lowest BCUT2D eigenvalue weighted by atomic mass is 9.81. The fourth-order valence-corrected chi connectivity index (χ4v) is 3.54. The maximum atomic E-state index is 12.6. The number of anilines is 1. The first kappa shape index (κ1) is 19.6. The molecule has 1 aliphatic rings. The Balaban J connectivity index is 1.64. The number of fused-ring (bicyclic) bond motifs is 1. The summed E-state index contributed by atoms with van der Waals surface area (Å²) in [5.41, 5.74) is 9.69. The van der Waals surface area contributed by atoms with Crippen molar-refractivity contribution in [1.82, 2.24) is 0 Å². The van der Waals surface area contributed by atoms with Crippen LogP contribution in [-0.4, -0.2) is 24.3 Å². The normalized spacial score (nSPS) is 15.4. The number of nitrogens with one attached hydrogen (secondary N) is 2. The number of hydrogen-bond acceptors (Lipinski definition) is 4. The van der Waals surface area contributed by atoms with Gasteiger partial charge in [-0.25, -0.2) is 0 Å². The minimum atomic E-state index is -0.174. The molecule has 0 saturated heterocycles. The summed E-state index contributed by atoms with van der Waals surface area (Å²) in [7, 11) is 0. The lowest BCUT2D eigenvalue weighted by Gasteiger charge is -2.24. The van der Waals surface area contributed by atoms with Crippen molar-refractivity contribution in [3.63, 3.8) is 0 Å². The zero-order chi connectivity index (χ0) is 20.1. The zero-order valence-corrected chi connectivity index (χ0v) is 16.0. The molecule has 1 aliphatic carbocycles. The molecule has 3 rings (SSSR count). The van der Waals surface area contributed by atoms with Crippen LogP contribution in [0.5, 0.6) is 0 Å². The van der Waals surface area contributed by atoms with E-state index in [1.165, 1.54) is 11.1 Å². The summed E-state index contributed by atoms with van der Waals surface area (Å²) in [4.78, 5) is 24.3. The predicted molar refractivity (Wildman–Crippen MR) is 109 cm³/mol. The van der Waals surface area contributed by atoms with Crippen LogP contribution in [0.4, 0.5) is 5.69 Å². The molecule has 0 radical (unpaired) electrons. The van der Waals surface area contributed by atoms with E-state index in [-0.39, 0.29) is 17.7 Å². The number of hydrogen-bond donors (Lipinski definition) is 3. The van der Waals surface area contributed by atoms with Gasteiger partial charge in [0.2, 0.25) is 0 Å². The van der Waals surface area contributed by atoms with Gasteiger partial charge in [-0.05, 0) is 79.6 Å². The average Bonchev–Trinajstić information content (AvgIpc) is 2.68. The number of amides is 1. The highest BCUT2D eigenvalue weighted by Gasteiger charge is 2.22. The fourth-order valence-electron chi connectivity index (χ4n) is 3.54. The van der Waals surface area contributed by atoms with E-state index in [2.05, 4.69) is 5.32 Å². The Morgan fingerprint density at radius 1 is 1.14 bits per heavy atom. The smallest absolute Gasteiger partial charge is 0.306 e. The number of carbonyl (C=O) groups excluding carboxylic acids is 2. The summed E-state index contributed by atoms with van der Waals surface area (Å²) in [6.07, 6.45) is 3.06. The van der Waals surface area contributed by atoms with Gasteiger partial charge in [0, 0.05) is 23.2 Å². The first-order chi connectivity index (χ1) is 13.5. The van der Waals surface area contributed by atoms with Crippen LogP contribution in [0.1, 0.15) is 46.8 Å². The lowest BCUT2D eigenvalue weighted by molar-refractivity contribution is -0.144. The molecule has 0 heterocycles. The number of esters is 1. The summed E-state index contributed by atoms with van der Waals surface area (Å²) in [5.74, 6) is -0.0189. The molecule has 0 fully saturated rings. The Morgan fingerprint density at radius 2 is 1.86 bits per heavy atom. The fraction of sp³-hybridized carbons (Fsp3) is 0.318. The standard InChI is InChI=1S/C22H25N3O3/c1-2-28-20(26)12-14-3-4-17-13-18(6-5-16(17)11-14)22(27)25-19-9-7-15(8-10-19)21(23)24/h5-10,13-14H,2-4,11-12H2,1H3,(H3,23,24)(H,25,27). The van der Waals surface area contributed by atoms with E-state index in [0.717, 1.165) is 19.3 Å². The zero-order valence-electron chi connectivity index (χ0n) is 16.0. The highest BCUT2D eigenvalue weighted by Crippen LogP contribution is 2.29. The Morgan fingerprint density at radius 3 is 2.54 bits per heavy atom. The number of amidine groups is 1. The van der Waals surface area contributed by atoms with Crippen LogP contribution in [-0.2, 0) is 22.4 Å². The van der Waals surface area contributed by atoms with Gasteiger partial charge in [-0.1, -0.05) is 6.07 Å². The molecule has 1 amide bonds. The monoisotopic (exact) mass is 379 g/mol. The molecule has 0 aromatic heterocycles. The van der Waals surface area contributed by atoms with Crippen molar-refractivity contribution in [2.75, 3.05) is 11.9 Å². The molecule has 0 bridgehead atoms. The van der Waals surface area contributed by atoms with Crippen molar-refractivity contribution >= 4 is 23.4 Å². The van der Waals surface area contributed by atoms with Crippen LogP contribution in [0.25, 0.3) is 0 Å². The van der Waals surface area contributed by atoms with Gasteiger partial charge < -0.3 is 15.8 Å². The van der Waals surface area contributed by atoms with Gasteiger partial charge in [0.25, 0.3) is 5.91 Å². The minimum Gasteiger partial charge on any atom is -0.466 e. The van der Waals surface area contributed by atoms with E-state index in [1.807, 2.05) is 25.1 Å². The van der Waals surface area contributed by atoms with Gasteiger partial charge in [0.1, 0.15) is 5.84 Å². The van der Waals surface area contributed by atoms with Gasteiger partial charge in [-0.3, -0.25) is 15.0 Å². The Kier molecular flexibility index (Phi) is 6.09. The van der Waals surface area contributed by atoms with E-state index < -0.39 is 0 Å². The maximum Gasteiger partial charge on any atom is 0.306 e. The summed E-state index contributed by atoms with van der Waals surface area (Å²) in [6.45, 7) is 2.23. The molecule has 28 heavy (non-hydrogen) atoms. The van der Waals surface area contributed by atoms with E-state index in [4.69, 9.17) is 15.9 Å². The maximum absolute atomic E-state index is 12.6. The predicted octanol–water partition coefficient (Wildman–Crippen LogP) is 3.28. The molecule has 6 heteroatoms. The molecule has 0 saturated carbocycles. The van der Waals surface area contributed by atoms with Crippen molar-refractivity contribution in [2.24, 2.45) is 11.7 Å². The average molecular weight is 379 g/mol. The molecule has 4 N–H and O–H groups in total. The first-order valence-corrected chi connectivity index (χ1v) is 9.49. The van der Waals surface area contributed by atoms with E-state index in [9.17, 15) is 9.59 Å². The van der Waals surface area contributed by atoms with E-state index in [1.54, 1.807) is 24.3 Å². The Hall–Kier alpha value is -3.15. The highest BCUT2D eigenvalue weighted by molar-refractivity contribution is 6.04. The number of carbonyl (C=O) groups is 2. The number of nitrogen functional groups attached to an aromatic ring is 1.